The number of fused-ring (bicyclic) bond motifs is 1. The number of carbonyl (C=O) groups excluding carboxylic acids is 1. The smallest absolute Gasteiger partial charge is 0.224 e. The number of hydrogen-bond donors (Lipinski definition) is 1. The fourth-order valence-electron chi connectivity index (χ4n) is 3.67. The van der Waals surface area contributed by atoms with Crippen molar-refractivity contribution in [2.75, 3.05) is 13.1 Å². The molecule has 0 aliphatic carbocycles. The number of carbonyl (C=O) groups is 1. The van der Waals surface area contributed by atoms with Crippen LogP contribution in [0.4, 0.5) is 0 Å². The number of piperidine rings is 1. The molecule has 6 nitrogen and oxygen atoms in total. The molecule has 1 fully saturated rings. The summed E-state index contributed by atoms with van der Waals surface area (Å²) in [6.45, 7) is 3.69. The van der Waals surface area contributed by atoms with Crippen LogP contribution in [0.3, 0.4) is 0 Å². The maximum atomic E-state index is 12.7. The second-order valence-electron chi connectivity index (χ2n) is 6.91. The second-order valence-corrected chi connectivity index (χ2v) is 6.91. The van der Waals surface area contributed by atoms with Crippen LogP contribution in [-0.4, -0.2) is 43.4 Å². The SMILES string of the molecule is C[C@@H](CC(=O)N1CCC[C@H](c2cc3cccnc3[nH]2)C1)n1ccnc1. The molecule has 6 heteroatoms. The first-order valence-electron chi connectivity index (χ1n) is 8.89. The molecule has 1 aliphatic rings. The van der Waals surface area contributed by atoms with Crippen LogP contribution in [-0.2, 0) is 4.79 Å². The van der Waals surface area contributed by atoms with Crippen LogP contribution in [0.15, 0.2) is 43.1 Å². The number of amides is 1. The lowest BCUT2D eigenvalue weighted by Gasteiger charge is -2.33. The van der Waals surface area contributed by atoms with Crippen molar-refractivity contribution in [2.24, 2.45) is 0 Å². The van der Waals surface area contributed by atoms with Gasteiger partial charge in [-0.25, -0.2) is 9.97 Å². The van der Waals surface area contributed by atoms with Gasteiger partial charge in [0, 0.05) is 61.1 Å². The largest absolute Gasteiger partial charge is 0.343 e. The Labute approximate surface area is 146 Å². The van der Waals surface area contributed by atoms with E-state index in [1.807, 2.05) is 21.7 Å². The Morgan fingerprint density at radius 2 is 2.36 bits per heavy atom. The van der Waals surface area contributed by atoms with Crippen molar-refractivity contribution in [3.8, 4) is 0 Å². The number of rotatable bonds is 4. The average molecular weight is 337 g/mol. The van der Waals surface area contributed by atoms with Crippen molar-refractivity contribution in [3.63, 3.8) is 0 Å². The monoisotopic (exact) mass is 337 g/mol. The van der Waals surface area contributed by atoms with Crippen LogP contribution < -0.4 is 0 Å². The van der Waals surface area contributed by atoms with E-state index in [-0.39, 0.29) is 11.9 Å². The zero-order valence-corrected chi connectivity index (χ0v) is 14.4. The van der Waals surface area contributed by atoms with Gasteiger partial charge in [0.1, 0.15) is 5.65 Å². The molecule has 0 spiro atoms. The van der Waals surface area contributed by atoms with Crippen molar-refractivity contribution in [3.05, 3.63) is 48.8 Å². The lowest BCUT2D eigenvalue weighted by atomic mass is 9.94. The minimum atomic E-state index is 0.132. The number of nitrogens with one attached hydrogen (secondary N) is 1. The van der Waals surface area contributed by atoms with Gasteiger partial charge in [0.05, 0.1) is 6.33 Å². The van der Waals surface area contributed by atoms with E-state index in [9.17, 15) is 4.79 Å². The number of hydrogen-bond acceptors (Lipinski definition) is 3. The van der Waals surface area contributed by atoms with E-state index in [0.717, 1.165) is 37.0 Å². The van der Waals surface area contributed by atoms with Crippen molar-refractivity contribution < 1.29 is 4.79 Å². The standard InChI is InChI=1S/C19H23N5O/c1-14(24-9-7-20-13-24)10-18(25)23-8-3-5-16(12-23)17-11-15-4-2-6-21-19(15)22-17/h2,4,6-7,9,11,13-14,16H,3,5,8,10,12H2,1H3,(H,21,22)/t14-,16-/m0/s1. The first-order valence-corrected chi connectivity index (χ1v) is 8.89. The van der Waals surface area contributed by atoms with Gasteiger partial charge < -0.3 is 14.5 Å². The van der Waals surface area contributed by atoms with Crippen molar-refractivity contribution >= 4 is 16.9 Å². The molecule has 0 bridgehead atoms. The Hall–Kier alpha value is -2.63. The fourth-order valence-corrected chi connectivity index (χ4v) is 3.67. The van der Waals surface area contributed by atoms with Gasteiger partial charge in [-0.1, -0.05) is 0 Å². The molecule has 4 rings (SSSR count). The van der Waals surface area contributed by atoms with Crippen molar-refractivity contribution in [1.82, 2.24) is 24.4 Å². The lowest BCUT2D eigenvalue weighted by molar-refractivity contribution is -0.133. The van der Waals surface area contributed by atoms with E-state index in [1.54, 1.807) is 18.7 Å². The number of aromatic nitrogens is 4. The molecule has 0 aromatic carbocycles. The maximum Gasteiger partial charge on any atom is 0.224 e. The molecule has 130 valence electrons. The normalized spacial score (nSPS) is 19.2. The molecular weight excluding hydrogens is 314 g/mol. The van der Waals surface area contributed by atoms with Crippen LogP contribution in [0.5, 0.6) is 0 Å². The van der Waals surface area contributed by atoms with Crippen LogP contribution in [0, 0.1) is 0 Å². The van der Waals surface area contributed by atoms with Gasteiger partial charge in [-0.05, 0) is 38.0 Å². The van der Waals surface area contributed by atoms with Gasteiger partial charge in [0.2, 0.25) is 5.91 Å². The van der Waals surface area contributed by atoms with Gasteiger partial charge >= 0.3 is 0 Å². The Bertz CT molecular complexity index is 821. The topological polar surface area (TPSA) is 66.8 Å². The molecule has 1 aliphatic heterocycles. The highest BCUT2D eigenvalue weighted by atomic mass is 16.2. The highest BCUT2D eigenvalue weighted by Gasteiger charge is 2.26. The van der Waals surface area contributed by atoms with E-state index in [0.29, 0.717) is 12.3 Å². The molecule has 1 N–H and O–H groups in total. The number of aromatic amines is 1. The summed E-state index contributed by atoms with van der Waals surface area (Å²) in [7, 11) is 0. The molecule has 1 saturated heterocycles. The molecule has 4 heterocycles. The Morgan fingerprint density at radius 3 is 3.16 bits per heavy atom. The molecule has 0 radical (unpaired) electrons. The van der Waals surface area contributed by atoms with Gasteiger partial charge in [-0.2, -0.15) is 0 Å². The van der Waals surface area contributed by atoms with E-state index in [2.05, 4.69) is 34.0 Å². The van der Waals surface area contributed by atoms with Gasteiger partial charge in [0.15, 0.2) is 0 Å². The summed E-state index contributed by atoms with van der Waals surface area (Å²) in [6.07, 6.45) is 9.89. The second kappa shape index (κ2) is 6.70. The molecule has 0 saturated carbocycles. The minimum absolute atomic E-state index is 0.132. The highest BCUT2D eigenvalue weighted by Crippen LogP contribution is 2.29. The summed E-state index contributed by atoms with van der Waals surface area (Å²) in [5.74, 6) is 0.579. The first-order chi connectivity index (χ1) is 12.2. The van der Waals surface area contributed by atoms with Crippen molar-refractivity contribution in [1.29, 1.82) is 0 Å². The van der Waals surface area contributed by atoms with Crippen LogP contribution in [0.2, 0.25) is 0 Å². The fraction of sp³-hybridized carbons (Fsp3) is 0.421. The third-order valence-electron chi connectivity index (χ3n) is 5.13. The summed E-state index contributed by atoms with van der Waals surface area (Å²) in [5, 5.41) is 1.13. The lowest BCUT2D eigenvalue weighted by Crippen LogP contribution is -2.39. The third-order valence-corrected chi connectivity index (χ3v) is 5.13. The van der Waals surface area contributed by atoms with Crippen molar-refractivity contribution in [2.45, 2.75) is 38.1 Å². The maximum absolute atomic E-state index is 12.7. The Morgan fingerprint density at radius 1 is 1.44 bits per heavy atom. The van der Waals surface area contributed by atoms with Crippen LogP contribution >= 0.6 is 0 Å². The molecule has 3 aromatic rings. The van der Waals surface area contributed by atoms with Gasteiger partial charge in [-0.15, -0.1) is 0 Å². The number of imidazole rings is 1. The summed E-state index contributed by atoms with van der Waals surface area (Å²) in [4.78, 5) is 26.6. The van der Waals surface area contributed by atoms with Crippen LogP contribution in [0.25, 0.3) is 11.0 Å². The van der Waals surface area contributed by atoms with Crippen LogP contribution in [0.1, 0.15) is 43.8 Å². The summed E-state index contributed by atoms with van der Waals surface area (Å²) in [6, 6.07) is 6.33. The Kier molecular flexibility index (Phi) is 4.26. The van der Waals surface area contributed by atoms with E-state index >= 15 is 0 Å². The highest BCUT2D eigenvalue weighted by molar-refractivity contribution is 5.78. The first kappa shape index (κ1) is 15.9. The van der Waals surface area contributed by atoms with Gasteiger partial charge in [-0.3, -0.25) is 4.79 Å². The molecule has 0 unspecified atom stereocenters. The quantitative estimate of drug-likeness (QED) is 0.795. The molecule has 2 atom stereocenters. The number of H-pyrrole nitrogens is 1. The zero-order valence-electron chi connectivity index (χ0n) is 14.4. The summed E-state index contributed by atoms with van der Waals surface area (Å²) >= 11 is 0. The van der Waals surface area contributed by atoms with Gasteiger partial charge in [0.25, 0.3) is 0 Å². The summed E-state index contributed by atoms with van der Waals surface area (Å²) < 4.78 is 1.99. The zero-order chi connectivity index (χ0) is 17.2. The predicted octanol–water partition coefficient (Wildman–Crippen LogP) is 3.12. The summed E-state index contributed by atoms with van der Waals surface area (Å²) in [5.41, 5.74) is 2.11. The number of pyridine rings is 1. The minimum Gasteiger partial charge on any atom is -0.343 e. The Balaban J connectivity index is 1.44. The van der Waals surface area contributed by atoms with E-state index in [1.165, 1.54) is 5.69 Å². The number of nitrogens with zero attached hydrogens (tertiary/aromatic N) is 4. The van der Waals surface area contributed by atoms with E-state index in [4.69, 9.17) is 0 Å². The molecule has 3 aromatic heterocycles. The predicted molar refractivity (Wildman–Crippen MR) is 96.2 cm³/mol. The van der Waals surface area contributed by atoms with E-state index < -0.39 is 0 Å². The molecule has 25 heavy (non-hydrogen) atoms. The molecule has 1 amide bonds. The average Bonchev–Trinajstić information content (AvgIpc) is 3.31. The third kappa shape index (κ3) is 3.29. The molecular formula is C19H23N5O. The number of likely N-dealkylation sites (tertiary alicyclic amines) is 1.